The first-order chi connectivity index (χ1) is 10.8. The van der Waals surface area contributed by atoms with E-state index in [1.165, 1.54) is 76.0 Å². The monoisotopic (exact) mass is 303 g/mol. The average molecular weight is 303 g/mol. The second kappa shape index (κ2) is 9.98. The fourth-order valence-electron chi connectivity index (χ4n) is 3.13. The molecule has 0 amide bonds. The molecule has 0 aliphatic carbocycles. The lowest BCUT2D eigenvalue weighted by Gasteiger charge is -2.34. The van der Waals surface area contributed by atoms with Crippen LogP contribution in [0, 0.1) is 6.92 Å². The lowest BCUT2D eigenvalue weighted by molar-refractivity contribution is 0.125. The van der Waals surface area contributed by atoms with E-state index < -0.39 is 0 Å². The molecule has 0 spiro atoms. The minimum atomic E-state index is 0.850. The van der Waals surface area contributed by atoms with E-state index in [4.69, 9.17) is 5.73 Å². The van der Waals surface area contributed by atoms with Gasteiger partial charge in [-0.15, -0.1) is 0 Å². The van der Waals surface area contributed by atoms with E-state index >= 15 is 0 Å². The molecule has 1 fully saturated rings. The van der Waals surface area contributed by atoms with Crippen LogP contribution in [0.1, 0.15) is 43.2 Å². The summed E-state index contributed by atoms with van der Waals surface area (Å²) in [6.07, 6.45) is 6.56. The summed E-state index contributed by atoms with van der Waals surface area (Å²) < 4.78 is 0. The molecule has 0 radical (unpaired) electrons. The third kappa shape index (κ3) is 6.47. The van der Waals surface area contributed by atoms with Crippen LogP contribution in [0.25, 0.3) is 0 Å². The van der Waals surface area contributed by atoms with E-state index in [-0.39, 0.29) is 0 Å². The Morgan fingerprint density at radius 1 is 0.818 bits per heavy atom. The molecule has 124 valence electrons. The SMILES string of the molecule is Cc1ccc(CN2CCN(CCCCCCCN)CC2)cc1. The molecular formula is C19H33N3. The zero-order valence-corrected chi connectivity index (χ0v) is 14.3. The molecule has 1 heterocycles. The maximum absolute atomic E-state index is 5.52. The number of piperazine rings is 1. The summed E-state index contributed by atoms with van der Waals surface area (Å²) in [4.78, 5) is 5.22. The average Bonchev–Trinajstić information content (AvgIpc) is 2.54. The molecule has 0 saturated carbocycles. The largest absolute Gasteiger partial charge is 0.330 e. The number of nitrogens with two attached hydrogens (primary N) is 1. The predicted molar refractivity (Wildman–Crippen MR) is 95.0 cm³/mol. The number of benzene rings is 1. The van der Waals surface area contributed by atoms with Crippen molar-refractivity contribution in [2.75, 3.05) is 39.3 Å². The van der Waals surface area contributed by atoms with Crippen LogP contribution in [-0.2, 0) is 6.54 Å². The van der Waals surface area contributed by atoms with Crippen LogP contribution in [0.2, 0.25) is 0 Å². The van der Waals surface area contributed by atoms with Gasteiger partial charge in [0.15, 0.2) is 0 Å². The fraction of sp³-hybridized carbons (Fsp3) is 0.684. The van der Waals surface area contributed by atoms with Crippen LogP contribution < -0.4 is 5.73 Å². The van der Waals surface area contributed by atoms with Gasteiger partial charge >= 0.3 is 0 Å². The molecule has 1 aliphatic rings. The van der Waals surface area contributed by atoms with Gasteiger partial charge in [-0.2, -0.15) is 0 Å². The van der Waals surface area contributed by atoms with E-state index in [0.717, 1.165) is 13.1 Å². The van der Waals surface area contributed by atoms with Crippen molar-refractivity contribution in [2.45, 2.75) is 45.6 Å². The predicted octanol–water partition coefficient (Wildman–Crippen LogP) is 3.02. The third-order valence-electron chi connectivity index (χ3n) is 4.67. The van der Waals surface area contributed by atoms with Crippen LogP contribution in [0.4, 0.5) is 0 Å². The van der Waals surface area contributed by atoms with E-state index in [9.17, 15) is 0 Å². The van der Waals surface area contributed by atoms with E-state index in [1.807, 2.05) is 0 Å². The van der Waals surface area contributed by atoms with Crippen molar-refractivity contribution in [2.24, 2.45) is 5.73 Å². The Labute approximate surface area is 136 Å². The Kier molecular flexibility index (Phi) is 7.92. The molecule has 1 aliphatic heterocycles. The number of unbranched alkanes of at least 4 members (excludes halogenated alkanes) is 4. The zero-order chi connectivity index (χ0) is 15.6. The quantitative estimate of drug-likeness (QED) is 0.712. The smallest absolute Gasteiger partial charge is 0.0234 e. The summed E-state index contributed by atoms with van der Waals surface area (Å²) in [5.74, 6) is 0. The van der Waals surface area contributed by atoms with Crippen LogP contribution >= 0.6 is 0 Å². The first-order valence-corrected chi connectivity index (χ1v) is 8.98. The van der Waals surface area contributed by atoms with Crippen molar-refractivity contribution in [3.63, 3.8) is 0 Å². The Morgan fingerprint density at radius 2 is 1.41 bits per heavy atom. The molecule has 0 unspecified atom stereocenters. The highest BCUT2D eigenvalue weighted by Crippen LogP contribution is 2.11. The summed E-state index contributed by atoms with van der Waals surface area (Å²) in [5, 5.41) is 0. The normalized spacial score (nSPS) is 17.0. The minimum absolute atomic E-state index is 0.850. The van der Waals surface area contributed by atoms with Gasteiger partial charge in [-0.1, -0.05) is 49.1 Å². The number of hydrogen-bond donors (Lipinski definition) is 1. The van der Waals surface area contributed by atoms with Gasteiger partial charge in [0.2, 0.25) is 0 Å². The molecule has 3 nitrogen and oxygen atoms in total. The molecule has 2 rings (SSSR count). The van der Waals surface area contributed by atoms with Crippen molar-refractivity contribution in [3.8, 4) is 0 Å². The number of aryl methyl sites for hydroxylation is 1. The summed E-state index contributed by atoms with van der Waals surface area (Å²) in [6.45, 7) is 10.3. The summed E-state index contributed by atoms with van der Waals surface area (Å²) in [7, 11) is 0. The minimum Gasteiger partial charge on any atom is -0.330 e. The second-order valence-corrected chi connectivity index (χ2v) is 6.66. The fourth-order valence-corrected chi connectivity index (χ4v) is 3.13. The molecule has 3 heteroatoms. The first-order valence-electron chi connectivity index (χ1n) is 8.98. The molecule has 1 saturated heterocycles. The van der Waals surface area contributed by atoms with Crippen molar-refractivity contribution >= 4 is 0 Å². The van der Waals surface area contributed by atoms with E-state index in [0.29, 0.717) is 0 Å². The molecule has 0 bridgehead atoms. The zero-order valence-electron chi connectivity index (χ0n) is 14.3. The van der Waals surface area contributed by atoms with Crippen molar-refractivity contribution in [3.05, 3.63) is 35.4 Å². The number of rotatable bonds is 9. The van der Waals surface area contributed by atoms with Gasteiger partial charge in [0.25, 0.3) is 0 Å². The topological polar surface area (TPSA) is 32.5 Å². The van der Waals surface area contributed by atoms with Gasteiger partial charge in [0.05, 0.1) is 0 Å². The molecule has 0 atom stereocenters. The summed E-state index contributed by atoms with van der Waals surface area (Å²) in [5.41, 5.74) is 8.31. The van der Waals surface area contributed by atoms with Crippen molar-refractivity contribution in [1.29, 1.82) is 0 Å². The molecule has 1 aromatic rings. The Morgan fingerprint density at radius 3 is 2.09 bits per heavy atom. The summed E-state index contributed by atoms with van der Waals surface area (Å²) in [6, 6.07) is 8.97. The van der Waals surface area contributed by atoms with Gasteiger partial charge in [-0.05, 0) is 38.4 Å². The molecule has 1 aromatic carbocycles. The van der Waals surface area contributed by atoms with Crippen molar-refractivity contribution in [1.82, 2.24) is 9.80 Å². The van der Waals surface area contributed by atoms with Crippen LogP contribution in [0.3, 0.4) is 0 Å². The third-order valence-corrected chi connectivity index (χ3v) is 4.67. The lowest BCUT2D eigenvalue weighted by atomic mass is 10.1. The highest BCUT2D eigenvalue weighted by Gasteiger charge is 2.16. The van der Waals surface area contributed by atoms with Gasteiger partial charge in [-0.3, -0.25) is 4.90 Å². The Balaban J connectivity index is 1.56. The molecule has 2 N–H and O–H groups in total. The maximum Gasteiger partial charge on any atom is 0.0234 e. The van der Waals surface area contributed by atoms with Gasteiger partial charge < -0.3 is 10.6 Å². The van der Waals surface area contributed by atoms with Crippen LogP contribution in [0.5, 0.6) is 0 Å². The van der Waals surface area contributed by atoms with Crippen LogP contribution in [0.15, 0.2) is 24.3 Å². The first kappa shape index (κ1) is 17.5. The van der Waals surface area contributed by atoms with Gasteiger partial charge in [0, 0.05) is 32.7 Å². The Bertz CT molecular complexity index is 394. The molecule has 0 aromatic heterocycles. The lowest BCUT2D eigenvalue weighted by Crippen LogP contribution is -2.46. The summed E-state index contributed by atoms with van der Waals surface area (Å²) >= 11 is 0. The molecular weight excluding hydrogens is 270 g/mol. The Hall–Kier alpha value is -0.900. The van der Waals surface area contributed by atoms with Gasteiger partial charge in [-0.25, -0.2) is 0 Å². The number of hydrogen-bond acceptors (Lipinski definition) is 3. The number of nitrogens with zero attached hydrogens (tertiary/aromatic N) is 2. The van der Waals surface area contributed by atoms with E-state index in [2.05, 4.69) is 41.0 Å². The highest BCUT2D eigenvalue weighted by atomic mass is 15.3. The standard InChI is InChI=1S/C19H33N3/c1-18-7-9-19(10-8-18)17-22-15-13-21(14-16-22)12-6-4-2-3-5-11-20/h7-10H,2-6,11-17,20H2,1H3. The van der Waals surface area contributed by atoms with Crippen LogP contribution in [-0.4, -0.2) is 49.1 Å². The van der Waals surface area contributed by atoms with Crippen molar-refractivity contribution < 1.29 is 0 Å². The van der Waals surface area contributed by atoms with Gasteiger partial charge in [0.1, 0.15) is 0 Å². The maximum atomic E-state index is 5.52. The second-order valence-electron chi connectivity index (χ2n) is 6.66. The molecule has 22 heavy (non-hydrogen) atoms. The van der Waals surface area contributed by atoms with E-state index in [1.54, 1.807) is 0 Å². The highest BCUT2D eigenvalue weighted by molar-refractivity contribution is 5.21.